The first-order chi connectivity index (χ1) is 15.7. The zero-order valence-electron chi connectivity index (χ0n) is 20.1. The lowest BCUT2D eigenvalue weighted by Crippen LogP contribution is -2.52. The Labute approximate surface area is 194 Å². The Hall–Kier alpha value is -1.88. The molecule has 4 rings (SSSR count). The largest absolute Gasteiger partial charge is 0.497 e. The number of benzene rings is 2. The Balaban J connectivity index is 1.34. The van der Waals surface area contributed by atoms with Gasteiger partial charge in [-0.25, -0.2) is 0 Å². The van der Waals surface area contributed by atoms with Crippen molar-refractivity contribution in [3.05, 3.63) is 65.2 Å². The fraction of sp³-hybridized carbons (Fsp3) is 0.571. The lowest BCUT2D eigenvalue weighted by molar-refractivity contribution is 0.0559. The van der Waals surface area contributed by atoms with Crippen LogP contribution in [0.4, 0.5) is 0 Å². The summed E-state index contributed by atoms with van der Waals surface area (Å²) in [5, 5.41) is 3.76. The van der Waals surface area contributed by atoms with Gasteiger partial charge in [0.05, 0.1) is 7.11 Å². The molecule has 32 heavy (non-hydrogen) atoms. The van der Waals surface area contributed by atoms with Gasteiger partial charge in [-0.2, -0.15) is 0 Å². The maximum absolute atomic E-state index is 5.40. The monoisotopic (exact) mass is 435 g/mol. The minimum absolute atomic E-state index is 0.410. The molecule has 1 unspecified atom stereocenters. The van der Waals surface area contributed by atoms with Crippen LogP contribution in [0.3, 0.4) is 0 Å². The molecule has 4 nitrogen and oxygen atoms in total. The maximum atomic E-state index is 5.40. The lowest BCUT2D eigenvalue weighted by Gasteiger charge is -2.43. The molecular formula is C28H41N3O. The van der Waals surface area contributed by atoms with Crippen molar-refractivity contribution in [3.8, 4) is 5.75 Å². The molecule has 1 heterocycles. The van der Waals surface area contributed by atoms with Crippen LogP contribution < -0.4 is 10.1 Å². The molecule has 0 spiro atoms. The normalized spacial score (nSPS) is 19.7. The second-order valence-electron chi connectivity index (χ2n) is 9.59. The van der Waals surface area contributed by atoms with Crippen LogP contribution in [0.2, 0.25) is 0 Å². The maximum Gasteiger partial charge on any atom is 0.118 e. The van der Waals surface area contributed by atoms with Crippen molar-refractivity contribution in [2.24, 2.45) is 0 Å². The Morgan fingerprint density at radius 2 is 1.59 bits per heavy atom. The number of hydrogen-bond donors (Lipinski definition) is 1. The summed E-state index contributed by atoms with van der Waals surface area (Å²) in [4.78, 5) is 5.46. The van der Waals surface area contributed by atoms with Crippen LogP contribution in [0.25, 0.3) is 0 Å². The Bertz CT molecular complexity index is 790. The minimum atomic E-state index is 0.410. The van der Waals surface area contributed by atoms with Crippen molar-refractivity contribution in [3.63, 3.8) is 0 Å². The number of ether oxygens (including phenoxy) is 1. The predicted octanol–water partition coefficient (Wildman–Crippen LogP) is 4.83. The summed E-state index contributed by atoms with van der Waals surface area (Å²) in [6, 6.07) is 18.9. The standard InChI is InChI=1S/C28H41N3O/c1-23-8-10-24(11-9-23)16-17-29-22-28(25-12-14-27(32-2)15-13-25)31-20-18-30(19-21-31)26-6-4-3-5-7-26/h8-15,26,28-29H,3-7,16-22H2,1-2H3. The number of nitrogens with one attached hydrogen (secondary N) is 1. The third-order valence-corrected chi connectivity index (χ3v) is 7.43. The molecule has 1 aliphatic heterocycles. The second-order valence-corrected chi connectivity index (χ2v) is 9.59. The first-order valence-electron chi connectivity index (χ1n) is 12.6. The van der Waals surface area contributed by atoms with Gasteiger partial charge < -0.3 is 10.1 Å². The summed E-state index contributed by atoms with van der Waals surface area (Å²) >= 11 is 0. The molecule has 1 aliphatic carbocycles. The molecule has 174 valence electrons. The number of nitrogens with zero attached hydrogens (tertiary/aromatic N) is 2. The van der Waals surface area contributed by atoms with E-state index in [-0.39, 0.29) is 0 Å². The van der Waals surface area contributed by atoms with Crippen molar-refractivity contribution in [1.82, 2.24) is 15.1 Å². The highest BCUT2D eigenvalue weighted by Crippen LogP contribution is 2.27. The van der Waals surface area contributed by atoms with Gasteiger partial charge >= 0.3 is 0 Å². The lowest BCUT2D eigenvalue weighted by atomic mass is 9.93. The average Bonchev–Trinajstić information content (AvgIpc) is 2.86. The van der Waals surface area contributed by atoms with Gasteiger partial charge in [-0.05, 0) is 56.0 Å². The molecule has 2 aromatic rings. The molecule has 0 amide bonds. The fourth-order valence-electron chi connectivity index (χ4n) is 5.37. The summed E-state index contributed by atoms with van der Waals surface area (Å²) in [5.41, 5.74) is 4.12. The molecule has 0 bridgehead atoms. The van der Waals surface area contributed by atoms with E-state index in [1.165, 1.54) is 61.9 Å². The van der Waals surface area contributed by atoms with Crippen molar-refractivity contribution in [2.45, 2.75) is 57.5 Å². The molecule has 1 atom stereocenters. The van der Waals surface area contributed by atoms with Crippen LogP contribution in [-0.2, 0) is 6.42 Å². The van der Waals surface area contributed by atoms with E-state index < -0.39 is 0 Å². The van der Waals surface area contributed by atoms with Crippen LogP contribution in [-0.4, -0.2) is 62.2 Å². The van der Waals surface area contributed by atoms with Gasteiger partial charge in [-0.1, -0.05) is 61.2 Å². The van der Waals surface area contributed by atoms with Crippen LogP contribution >= 0.6 is 0 Å². The average molecular weight is 436 g/mol. The summed E-state index contributed by atoms with van der Waals surface area (Å²) in [7, 11) is 1.74. The summed E-state index contributed by atoms with van der Waals surface area (Å²) in [6.45, 7) is 8.88. The van der Waals surface area contributed by atoms with Gasteiger partial charge in [0.2, 0.25) is 0 Å². The number of piperazine rings is 1. The van der Waals surface area contributed by atoms with E-state index in [0.717, 1.165) is 44.4 Å². The minimum Gasteiger partial charge on any atom is -0.497 e. The molecule has 2 fully saturated rings. The first kappa shape index (κ1) is 23.3. The van der Waals surface area contributed by atoms with E-state index in [2.05, 4.69) is 70.6 Å². The zero-order chi connectivity index (χ0) is 22.2. The molecule has 4 heteroatoms. The Morgan fingerprint density at radius 3 is 2.25 bits per heavy atom. The topological polar surface area (TPSA) is 27.7 Å². The van der Waals surface area contributed by atoms with Gasteiger partial charge in [-0.15, -0.1) is 0 Å². The highest BCUT2D eigenvalue weighted by molar-refractivity contribution is 5.29. The third kappa shape index (κ3) is 6.34. The molecule has 1 N–H and O–H groups in total. The van der Waals surface area contributed by atoms with E-state index in [0.29, 0.717) is 6.04 Å². The number of hydrogen-bond acceptors (Lipinski definition) is 4. The van der Waals surface area contributed by atoms with E-state index in [9.17, 15) is 0 Å². The summed E-state index contributed by atoms with van der Waals surface area (Å²) < 4.78 is 5.40. The molecule has 0 aromatic heterocycles. The second kappa shape index (κ2) is 11.8. The summed E-state index contributed by atoms with van der Waals surface area (Å²) in [6.07, 6.45) is 8.16. The van der Waals surface area contributed by atoms with Gasteiger partial charge in [0.15, 0.2) is 0 Å². The van der Waals surface area contributed by atoms with E-state index >= 15 is 0 Å². The van der Waals surface area contributed by atoms with Crippen molar-refractivity contribution in [2.75, 3.05) is 46.4 Å². The molecular weight excluding hydrogens is 394 g/mol. The van der Waals surface area contributed by atoms with Crippen LogP contribution in [0.1, 0.15) is 54.8 Å². The SMILES string of the molecule is COc1ccc(C(CNCCc2ccc(C)cc2)N2CCN(C3CCCCC3)CC2)cc1. The Kier molecular flexibility index (Phi) is 8.61. The number of methoxy groups -OCH3 is 1. The van der Waals surface area contributed by atoms with Crippen LogP contribution in [0.15, 0.2) is 48.5 Å². The zero-order valence-corrected chi connectivity index (χ0v) is 20.1. The van der Waals surface area contributed by atoms with E-state index in [1.807, 2.05) is 0 Å². The molecule has 0 radical (unpaired) electrons. The molecule has 1 saturated carbocycles. The van der Waals surface area contributed by atoms with Crippen molar-refractivity contribution < 1.29 is 4.74 Å². The van der Waals surface area contributed by atoms with Gasteiger partial charge in [0.1, 0.15) is 5.75 Å². The van der Waals surface area contributed by atoms with E-state index in [4.69, 9.17) is 4.74 Å². The Morgan fingerprint density at radius 1 is 0.906 bits per heavy atom. The van der Waals surface area contributed by atoms with Gasteiger partial charge in [-0.3, -0.25) is 9.80 Å². The smallest absolute Gasteiger partial charge is 0.118 e. The number of aryl methyl sites for hydroxylation is 1. The molecule has 2 aliphatic rings. The van der Waals surface area contributed by atoms with Crippen molar-refractivity contribution >= 4 is 0 Å². The highest BCUT2D eigenvalue weighted by Gasteiger charge is 2.28. The molecule has 1 saturated heterocycles. The van der Waals surface area contributed by atoms with Crippen molar-refractivity contribution in [1.29, 1.82) is 0 Å². The van der Waals surface area contributed by atoms with E-state index in [1.54, 1.807) is 7.11 Å². The summed E-state index contributed by atoms with van der Waals surface area (Å²) in [5.74, 6) is 0.932. The van der Waals surface area contributed by atoms with Crippen LogP contribution in [0.5, 0.6) is 5.75 Å². The van der Waals surface area contributed by atoms with Gasteiger partial charge in [0, 0.05) is 44.8 Å². The number of rotatable bonds is 9. The quantitative estimate of drug-likeness (QED) is 0.571. The first-order valence-corrected chi connectivity index (χ1v) is 12.6. The van der Waals surface area contributed by atoms with Crippen LogP contribution in [0, 0.1) is 6.92 Å². The van der Waals surface area contributed by atoms with Gasteiger partial charge in [0.25, 0.3) is 0 Å². The third-order valence-electron chi connectivity index (χ3n) is 7.43. The molecule has 2 aromatic carbocycles. The predicted molar refractivity (Wildman–Crippen MR) is 134 cm³/mol. The fourth-order valence-corrected chi connectivity index (χ4v) is 5.37. The highest BCUT2D eigenvalue weighted by atomic mass is 16.5.